The van der Waals surface area contributed by atoms with Crippen molar-refractivity contribution in [2.45, 2.75) is 17.6 Å². The van der Waals surface area contributed by atoms with Gasteiger partial charge in [0.05, 0.1) is 5.92 Å². The summed E-state index contributed by atoms with van der Waals surface area (Å²) in [6.45, 7) is 1.63. The van der Waals surface area contributed by atoms with Crippen molar-refractivity contribution in [1.29, 1.82) is 0 Å². The zero-order chi connectivity index (χ0) is 12.2. The number of nitrogens with one attached hydrogen (secondary N) is 1. The number of carbonyl (C=O) groups is 1. The largest absolute Gasteiger partial charge is 0.481 e. The van der Waals surface area contributed by atoms with Crippen LogP contribution in [0.4, 0.5) is 0 Å². The van der Waals surface area contributed by atoms with Gasteiger partial charge in [-0.2, -0.15) is 0 Å². The van der Waals surface area contributed by atoms with Crippen molar-refractivity contribution in [2.24, 2.45) is 5.92 Å². The minimum atomic E-state index is -3.55. The van der Waals surface area contributed by atoms with E-state index in [0.717, 1.165) is 11.3 Å². The van der Waals surface area contributed by atoms with Crippen LogP contribution >= 0.6 is 11.3 Å². The Balaban J connectivity index is 2.65. The number of sulfonamides is 1. The van der Waals surface area contributed by atoms with E-state index in [-0.39, 0.29) is 10.8 Å². The van der Waals surface area contributed by atoms with Gasteiger partial charge in [0.15, 0.2) is 0 Å². The van der Waals surface area contributed by atoms with Gasteiger partial charge in [0.25, 0.3) is 0 Å². The maximum Gasteiger partial charge on any atom is 0.307 e. The molecule has 1 aromatic heterocycles. The van der Waals surface area contributed by atoms with E-state index in [1.807, 2.05) is 0 Å². The van der Waals surface area contributed by atoms with Crippen molar-refractivity contribution in [3.8, 4) is 0 Å². The zero-order valence-corrected chi connectivity index (χ0v) is 10.3. The first kappa shape index (κ1) is 13.1. The lowest BCUT2D eigenvalue weighted by atomic mass is 10.1. The highest BCUT2D eigenvalue weighted by Gasteiger charge is 2.20. The van der Waals surface area contributed by atoms with Crippen molar-refractivity contribution in [3.63, 3.8) is 0 Å². The third-order valence-electron chi connectivity index (χ3n) is 2.12. The lowest BCUT2D eigenvalue weighted by Gasteiger charge is -2.10. The number of hydrogen-bond acceptors (Lipinski definition) is 4. The van der Waals surface area contributed by atoms with Crippen molar-refractivity contribution >= 4 is 27.3 Å². The molecule has 0 aromatic carbocycles. The van der Waals surface area contributed by atoms with Gasteiger partial charge in [0.1, 0.15) is 4.21 Å². The Bertz CT molecular complexity index is 438. The van der Waals surface area contributed by atoms with Gasteiger partial charge in [-0.3, -0.25) is 4.79 Å². The van der Waals surface area contributed by atoms with Crippen LogP contribution in [0.1, 0.15) is 13.3 Å². The average Bonchev–Trinajstić information content (AvgIpc) is 2.71. The molecule has 1 aromatic rings. The van der Waals surface area contributed by atoms with Gasteiger partial charge in [-0.25, -0.2) is 13.1 Å². The van der Waals surface area contributed by atoms with E-state index in [2.05, 4.69) is 4.72 Å². The van der Waals surface area contributed by atoms with E-state index >= 15 is 0 Å². The van der Waals surface area contributed by atoms with Crippen LogP contribution in [0.15, 0.2) is 21.7 Å². The van der Waals surface area contributed by atoms with Crippen molar-refractivity contribution in [1.82, 2.24) is 4.72 Å². The van der Waals surface area contributed by atoms with Crippen LogP contribution in [-0.2, 0) is 14.8 Å². The summed E-state index contributed by atoms with van der Waals surface area (Å²) in [6, 6.07) is 3.11. The topological polar surface area (TPSA) is 83.5 Å². The van der Waals surface area contributed by atoms with Crippen molar-refractivity contribution in [3.05, 3.63) is 17.5 Å². The van der Waals surface area contributed by atoms with Crippen LogP contribution in [0.5, 0.6) is 0 Å². The molecule has 0 bridgehead atoms. The predicted molar refractivity (Wildman–Crippen MR) is 60.9 cm³/mol. The summed E-state index contributed by atoms with van der Waals surface area (Å²) in [5.41, 5.74) is 0. The van der Waals surface area contributed by atoms with Crippen LogP contribution in [-0.4, -0.2) is 26.0 Å². The molecule has 7 heteroatoms. The summed E-state index contributed by atoms with van der Waals surface area (Å²) in [5.74, 6) is -1.67. The first-order chi connectivity index (χ1) is 7.47. The minimum Gasteiger partial charge on any atom is -0.481 e. The van der Waals surface area contributed by atoms with Crippen molar-refractivity contribution < 1.29 is 18.3 Å². The smallest absolute Gasteiger partial charge is 0.307 e. The highest BCUT2D eigenvalue weighted by molar-refractivity contribution is 7.91. The lowest BCUT2D eigenvalue weighted by Crippen LogP contribution is -2.32. The molecule has 0 saturated heterocycles. The molecule has 1 heterocycles. The van der Waals surface area contributed by atoms with Crippen LogP contribution < -0.4 is 4.72 Å². The molecule has 0 amide bonds. The maximum atomic E-state index is 11.6. The van der Waals surface area contributed by atoms with Gasteiger partial charge in [-0.05, 0) is 17.9 Å². The number of carboxylic acid groups (broad SMARTS) is 1. The Hall–Kier alpha value is -0.920. The molecule has 0 aliphatic heterocycles. The fraction of sp³-hybridized carbons (Fsp3) is 0.444. The molecule has 0 radical (unpaired) electrons. The number of aliphatic carboxylic acids is 1. The van der Waals surface area contributed by atoms with Gasteiger partial charge in [-0.15, -0.1) is 11.3 Å². The maximum absolute atomic E-state index is 11.6. The highest BCUT2D eigenvalue weighted by atomic mass is 32.2. The number of rotatable bonds is 6. The molecule has 0 saturated carbocycles. The van der Waals surface area contributed by atoms with E-state index in [9.17, 15) is 13.2 Å². The summed E-state index contributed by atoms with van der Waals surface area (Å²) >= 11 is 1.10. The quantitative estimate of drug-likeness (QED) is 0.806. The lowest BCUT2D eigenvalue weighted by molar-refractivity contribution is -0.141. The summed E-state index contributed by atoms with van der Waals surface area (Å²) in [4.78, 5) is 10.7. The van der Waals surface area contributed by atoms with E-state index in [0.29, 0.717) is 6.42 Å². The number of hydrogen-bond donors (Lipinski definition) is 2. The second kappa shape index (κ2) is 5.42. The van der Waals surface area contributed by atoms with Gasteiger partial charge in [0, 0.05) is 6.54 Å². The molecule has 1 unspecified atom stereocenters. The first-order valence-electron chi connectivity index (χ1n) is 4.73. The van der Waals surface area contributed by atoms with Crippen LogP contribution in [0.2, 0.25) is 0 Å². The molecule has 0 aliphatic carbocycles. The van der Waals surface area contributed by atoms with E-state index in [4.69, 9.17) is 5.11 Å². The summed E-state index contributed by atoms with van der Waals surface area (Å²) in [6.07, 6.45) is 0.391. The minimum absolute atomic E-state index is 0.0773. The predicted octanol–water partition coefficient (Wildman–Crippen LogP) is 1.14. The number of carboxylic acids is 1. The van der Waals surface area contributed by atoms with Crippen LogP contribution in [0.3, 0.4) is 0 Å². The summed E-state index contributed by atoms with van der Waals surface area (Å²) in [7, 11) is -3.55. The standard InChI is InChI=1S/C9H13NO4S2/c1-2-7(9(11)12)6-10-16(13,14)8-4-3-5-15-8/h3-5,7,10H,2,6H2,1H3,(H,11,12). The third kappa shape index (κ3) is 3.29. The molecule has 2 N–H and O–H groups in total. The van der Waals surface area contributed by atoms with Crippen LogP contribution in [0.25, 0.3) is 0 Å². The molecule has 5 nitrogen and oxygen atoms in total. The molecule has 1 rings (SSSR count). The monoisotopic (exact) mass is 263 g/mol. The fourth-order valence-corrected chi connectivity index (χ4v) is 3.22. The molecule has 1 atom stereocenters. The fourth-order valence-electron chi connectivity index (χ4n) is 1.10. The molecule has 0 fully saturated rings. The second-order valence-electron chi connectivity index (χ2n) is 3.23. The Kier molecular flexibility index (Phi) is 4.45. The van der Waals surface area contributed by atoms with E-state index in [1.165, 1.54) is 6.07 Å². The molecule has 0 aliphatic rings. The molecular weight excluding hydrogens is 250 g/mol. The first-order valence-corrected chi connectivity index (χ1v) is 7.09. The van der Waals surface area contributed by atoms with Gasteiger partial charge in [-0.1, -0.05) is 13.0 Å². The van der Waals surface area contributed by atoms with Gasteiger partial charge in [0.2, 0.25) is 10.0 Å². The Morgan fingerprint density at radius 1 is 1.62 bits per heavy atom. The Morgan fingerprint density at radius 3 is 2.75 bits per heavy atom. The van der Waals surface area contributed by atoms with Gasteiger partial charge >= 0.3 is 5.97 Å². The highest BCUT2D eigenvalue weighted by Crippen LogP contribution is 2.15. The Labute approximate surface area is 98.2 Å². The normalized spacial score (nSPS) is 13.6. The van der Waals surface area contributed by atoms with Crippen molar-refractivity contribution in [2.75, 3.05) is 6.54 Å². The molecular formula is C9H13NO4S2. The summed E-state index contributed by atoms with van der Waals surface area (Å²) in [5, 5.41) is 10.4. The van der Waals surface area contributed by atoms with Crippen LogP contribution in [0, 0.1) is 5.92 Å². The summed E-state index contributed by atoms with van der Waals surface area (Å²) < 4.78 is 25.8. The third-order valence-corrected chi connectivity index (χ3v) is 4.94. The van der Waals surface area contributed by atoms with E-state index < -0.39 is 21.9 Å². The second-order valence-corrected chi connectivity index (χ2v) is 6.17. The average molecular weight is 263 g/mol. The van der Waals surface area contributed by atoms with Gasteiger partial charge < -0.3 is 5.11 Å². The molecule has 90 valence electrons. The van der Waals surface area contributed by atoms with E-state index in [1.54, 1.807) is 18.4 Å². The zero-order valence-electron chi connectivity index (χ0n) is 8.71. The SMILES string of the molecule is CCC(CNS(=O)(=O)c1cccs1)C(=O)O. The molecule has 16 heavy (non-hydrogen) atoms. The Morgan fingerprint density at radius 2 is 2.31 bits per heavy atom. The number of thiophene rings is 1. The molecule has 0 spiro atoms.